The van der Waals surface area contributed by atoms with Crippen molar-refractivity contribution in [2.24, 2.45) is 5.73 Å². The lowest BCUT2D eigenvalue weighted by Crippen LogP contribution is -2.34. The van der Waals surface area contributed by atoms with Gasteiger partial charge in [0.05, 0.1) is 0 Å². The largest absolute Gasteiger partial charge is 0.489 e. The molecule has 3 nitrogen and oxygen atoms in total. The van der Waals surface area contributed by atoms with Gasteiger partial charge in [-0.15, -0.1) is 0 Å². The van der Waals surface area contributed by atoms with Crippen LogP contribution in [0.3, 0.4) is 0 Å². The predicted molar refractivity (Wildman–Crippen MR) is 65.6 cm³/mol. The summed E-state index contributed by atoms with van der Waals surface area (Å²) in [5.41, 5.74) is 8.18. The topological polar surface area (TPSA) is 38.5 Å². The predicted octanol–water partition coefficient (Wildman–Crippen LogP) is 1.54. The summed E-state index contributed by atoms with van der Waals surface area (Å²) in [6, 6.07) is 6.38. The van der Waals surface area contributed by atoms with E-state index in [0.29, 0.717) is 6.54 Å². The fraction of sp³-hybridized carbons (Fsp3) is 0.538. The first-order valence-electron chi connectivity index (χ1n) is 5.87. The molecule has 0 fully saturated rings. The number of rotatable bonds is 2. The smallest absolute Gasteiger partial charge is 0.124 e. The third-order valence-electron chi connectivity index (χ3n) is 2.90. The third kappa shape index (κ3) is 2.54. The second kappa shape index (κ2) is 4.85. The molecule has 1 aliphatic rings. The van der Waals surface area contributed by atoms with Crippen molar-refractivity contribution in [3.8, 4) is 5.75 Å². The van der Waals surface area contributed by atoms with E-state index in [2.05, 4.69) is 36.9 Å². The van der Waals surface area contributed by atoms with E-state index in [1.54, 1.807) is 0 Å². The minimum absolute atomic E-state index is 0.232. The van der Waals surface area contributed by atoms with Crippen LogP contribution >= 0.6 is 0 Å². The van der Waals surface area contributed by atoms with Gasteiger partial charge in [0.1, 0.15) is 11.9 Å². The average molecular weight is 220 g/mol. The molecule has 2 N–H and O–H groups in total. The van der Waals surface area contributed by atoms with Gasteiger partial charge in [-0.2, -0.15) is 0 Å². The van der Waals surface area contributed by atoms with Gasteiger partial charge in [-0.3, -0.25) is 4.90 Å². The first kappa shape index (κ1) is 11.4. The highest BCUT2D eigenvalue weighted by atomic mass is 16.5. The second-order valence-electron chi connectivity index (χ2n) is 4.56. The van der Waals surface area contributed by atoms with E-state index in [1.807, 2.05) is 0 Å². The fourth-order valence-corrected chi connectivity index (χ4v) is 2.22. The van der Waals surface area contributed by atoms with Gasteiger partial charge >= 0.3 is 0 Å². The van der Waals surface area contributed by atoms with Crippen LogP contribution < -0.4 is 10.5 Å². The van der Waals surface area contributed by atoms with Gasteiger partial charge in [-0.1, -0.05) is 17.7 Å². The van der Waals surface area contributed by atoms with Crippen LogP contribution in [-0.2, 0) is 6.54 Å². The summed E-state index contributed by atoms with van der Waals surface area (Å²) in [5, 5.41) is 0. The Bertz CT molecular complexity index is 365. The fourth-order valence-electron chi connectivity index (χ4n) is 2.22. The summed E-state index contributed by atoms with van der Waals surface area (Å²) in [6.07, 6.45) is 0.232. The number of hydrogen-bond acceptors (Lipinski definition) is 3. The molecule has 0 saturated carbocycles. The van der Waals surface area contributed by atoms with Crippen molar-refractivity contribution in [3.63, 3.8) is 0 Å². The van der Waals surface area contributed by atoms with E-state index < -0.39 is 0 Å². The van der Waals surface area contributed by atoms with Crippen molar-refractivity contribution in [2.45, 2.75) is 26.5 Å². The Morgan fingerprint density at radius 1 is 1.50 bits per heavy atom. The molecule has 0 aliphatic carbocycles. The maximum absolute atomic E-state index is 5.91. The maximum atomic E-state index is 5.91. The van der Waals surface area contributed by atoms with Gasteiger partial charge < -0.3 is 10.5 Å². The van der Waals surface area contributed by atoms with Gasteiger partial charge in [-0.05, 0) is 19.9 Å². The minimum Gasteiger partial charge on any atom is -0.489 e. The lowest BCUT2D eigenvalue weighted by Gasteiger charge is -2.20. The number of nitrogens with zero attached hydrogens (tertiary/aromatic N) is 1. The van der Waals surface area contributed by atoms with E-state index in [9.17, 15) is 0 Å². The van der Waals surface area contributed by atoms with Crippen molar-refractivity contribution >= 4 is 0 Å². The molecule has 0 spiro atoms. The van der Waals surface area contributed by atoms with Gasteiger partial charge in [0, 0.05) is 31.7 Å². The standard InChI is InChI=1S/C13H20N2O/c1-10-3-4-13-12(7-10)9-15(6-5-14)8-11(2)16-13/h3-4,7,11H,5-6,8-9,14H2,1-2H3. The van der Waals surface area contributed by atoms with Crippen LogP contribution in [0.25, 0.3) is 0 Å². The lowest BCUT2D eigenvalue weighted by molar-refractivity contribution is 0.163. The molecule has 1 unspecified atom stereocenters. The molecular weight excluding hydrogens is 200 g/mol. The minimum atomic E-state index is 0.232. The van der Waals surface area contributed by atoms with Crippen molar-refractivity contribution in [3.05, 3.63) is 29.3 Å². The molecule has 0 amide bonds. The summed E-state index contributed by atoms with van der Waals surface area (Å²) in [7, 11) is 0. The van der Waals surface area contributed by atoms with E-state index in [0.717, 1.165) is 25.4 Å². The highest BCUT2D eigenvalue weighted by Crippen LogP contribution is 2.25. The van der Waals surface area contributed by atoms with Crippen molar-refractivity contribution in [1.82, 2.24) is 4.90 Å². The Morgan fingerprint density at radius 2 is 2.31 bits per heavy atom. The SMILES string of the molecule is Cc1ccc2c(c1)CN(CCN)CC(C)O2. The number of fused-ring (bicyclic) bond motifs is 1. The van der Waals surface area contributed by atoms with Gasteiger partial charge in [-0.25, -0.2) is 0 Å². The Kier molecular flexibility index (Phi) is 3.46. The summed E-state index contributed by atoms with van der Waals surface area (Å²) in [5.74, 6) is 1.03. The molecule has 1 heterocycles. The lowest BCUT2D eigenvalue weighted by atomic mass is 10.1. The molecule has 3 heteroatoms. The molecule has 2 rings (SSSR count). The van der Waals surface area contributed by atoms with Crippen LogP contribution in [0.1, 0.15) is 18.1 Å². The summed E-state index contributed by atoms with van der Waals surface area (Å²) < 4.78 is 5.91. The zero-order chi connectivity index (χ0) is 11.5. The monoisotopic (exact) mass is 220 g/mol. The number of aryl methyl sites for hydroxylation is 1. The summed E-state index contributed by atoms with van der Waals surface area (Å²) in [4.78, 5) is 2.36. The number of benzene rings is 1. The quantitative estimate of drug-likeness (QED) is 0.821. The molecule has 1 aromatic rings. The number of ether oxygens (including phenoxy) is 1. The number of hydrogen-bond donors (Lipinski definition) is 1. The van der Waals surface area contributed by atoms with Crippen molar-refractivity contribution in [1.29, 1.82) is 0 Å². The van der Waals surface area contributed by atoms with Gasteiger partial charge in [0.2, 0.25) is 0 Å². The normalized spacial score (nSPS) is 21.1. The Labute approximate surface area is 97.2 Å². The summed E-state index contributed by atoms with van der Waals surface area (Å²) >= 11 is 0. The van der Waals surface area contributed by atoms with Gasteiger partial charge in [0.25, 0.3) is 0 Å². The number of nitrogens with two attached hydrogens (primary N) is 1. The molecule has 1 aliphatic heterocycles. The average Bonchev–Trinajstić information content (AvgIpc) is 2.36. The van der Waals surface area contributed by atoms with E-state index >= 15 is 0 Å². The van der Waals surface area contributed by atoms with Gasteiger partial charge in [0.15, 0.2) is 0 Å². The third-order valence-corrected chi connectivity index (χ3v) is 2.90. The summed E-state index contributed by atoms with van der Waals surface area (Å²) in [6.45, 7) is 7.75. The Morgan fingerprint density at radius 3 is 3.06 bits per heavy atom. The molecule has 0 radical (unpaired) electrons. The second-order valence-corrected chi connectivity index (χ2v) is 4.56. The molecule has 88 valence electrons. The zero-order valence-corrected chi connectivity index (χ0v) is 10.1. The highest BCUT2D eigenvalue weighted by molar-refractivity contribution is 5.37. The van der Waals surface area contributed by atoms with Crippen LogP contribution in [0, 0.1) is 6.92 Å². The van der Waals surface area contributed by atoms with Crippen molar-refractivity contribution < 1.29 is 4.74 Å². The molecule has 0 aromatic heterocycles. The molecule has 0 saturated heterocycles. The molecule has 1 atom stereocenters. The molecular formula is C13H20N2O. The maximum Gasteiger partial charge on any atom is 0.124 e. The van der Waals surface area contributed by atoms with Crippen LogP contribution in [0.15, 0.2) is 18.2 Å². The van der Waals surface area contributed by atoms with Crippen LogP contribution in [0.5, 0.6) is 5.75 Å². The first-order valence-corrected chi connectivity index (χ1v) is 5.87. The van der Waals surface area contributed by atoms with Crippen molar-refractivity contribution in [2.75, 3.05) is 19.6 Å². The zero-order valence-electron chi connectivity index (χ0n) is 10.1. The highest BCUT2D eigenvalue weighted by Gasteiger charge is 2.19. The van der Waals surface area contributed by atoms with Crippen LogP contribution in [0.4, 0.5) is 0 Å². The molecule has 0 bridgehead atoms. The first-order chi connectivity index (χ1) is 7.69. The molecule has 1 aromatic carbocycles. The van der Waals surface area contributed by atoms with Crippen LogP contribution in [0.2, 0.25) is 0 Å². The van der Waals surface area contributed by atoms with Crippen LogP contribution in [-0.4, -0.2) is 30.6 Å². The Hall–Kier alpha value is -1.06. The van der Waals surface area contributed by atoms with E-state index in [4.69, 9.17) is 10.5 Å². The van der Waals surface area contributed by atoms with E-state index in [-0.39, 0.29) is 6.10 Å². The molecule has 16 heavy (non-hydrogen) atoms. The Balaban J connectivity index is 2.25. The van der Waals surface area contributed by atoms with E-state index in [1.165, 1.54) is 11.1 Å².